The lowest BCUT2D eigenvalue weighted by Crippen LogP contribution is -2.04. The highest BCUT2D eigenvalue weighted by Crippen LogP contribution is 2.49. The highest BCUT2D eigenvalue weighted by atomic mass is 14.3. The maximum absolute atomic E-state index is 2.31. The van der Waals surface area contributed by atoms with E-state index in [-0.39, 0.29) is 0 Å². The van der Waals surface area contributed by atoms with Crippen LogP contribution in [0.25, 0.3) is 11.1 Å². The normalized spacial score (nSPS) is 13.0. The Morgan fingerprint density at radius 1 is 0.636 bits per heavy atom. The van der Waals surface area contributed by atoms with E-state index in [1.807, 2.05) is 0 Å². The van der Waals surface area contributed by atoms with Crippen molar-refractivity contribution in [1.29, 1.82) is 0 Å². The molecule has 0 heterocycles. The van der Waals surface area contributed by atoms with Crippen molar-refractivity contribution in [1.82, 2.24) is 0 Å². The molecule has 3 aromatic carbocycles. The monoisotopic (exact) mass is 284 g/mol. The van der Waals surface area contributed by atoms with Gasteiger partial charge in [0, 0.05) is 5.92 Å². The molecule has 0 N–H and O–H groups in total. The lowest BCUT2D eigenvalue weighted by molar-refractivity contribution is 0.975. The number of aryl methyl sites for hydroxylation is 3. The van der Waals surface area contributed by atoms with Crippen LogP contribution in [-0.2, 0) is 0 Å². The van der Waals surface area contributed by atoms with Crippen molar-refractivity contribution >= 4 is 0 Å². The Bertz CT molecular complexity index is 802. The van der Waals surface area contributed by atoms with Crippen LogP contribution in [0.4, 0.5) is 0 Å². The molecular formula is C22H20. The van der Waals surface area contributed by atoms with E-state index in [0.29, 0.717) is 5.92 Å². The van der Waals surface area contributed by atoms with Crippen LogP contribution in [-0.4, -0.2) is 0 Å². The third-order valence-corrected chi connectivity index (χ3v) is 4.86. The maximum atomic E-state index is 2.31. The molecule has 0 unspecified atom stereocenters. The highest BCUT2D eigenvalue weighted by molar-refractivity contribution is 5.81. The largest absolute Gasteiger partial charge is 0.0619 e. The molecule has 0 spiro atoms. The summed E-state index contributed by atoms with van der Waals surface area (Å²) in [6.45, 7) is 6.68. The Morgan fingerprint density at radius 2 is 1.09 bits per heavy atom. The summed E-state index contributed by atoms with van der Waals surface area (Å²) >= 11 is 0. The molecule has 0 aromatic heterocycles. The van der Waals surface area contributed by atoms with E-state index in [4.69, 9.17) is 0 Å². The summed E-state index contributed by atoms with van der Waals surface area (Å²) in [5.41, 5.74) is 11.3. The number of benzene rings is 3. The summed E-state index contributed by atoms with van der Waals surface area (Å²) in [4.78, 5) is 0. The van der Waals surface area contributed by atoms with Gasteiger partial charge in [0.2, 0.25) is 0 Å². The van der Waals surface area contributed by atoms with Gasteiger partial charge >= 0.3 is 0 Å². The van der Waals surface area contributed by atoms with Crippen LogP contribution in [0.1, 0.15) is 39.3 Å². The summed E-state index contributed by atoms with van der Waals surface area (Å²) in [5, 5.41) is 0. The van der Waals surface area contributed by atoms with E-state index in [2.05, 4.69) is 81.4 Å². The summed E-state index contributed by atoms with van der Waals surface area (Å²) in [6, 6.07) is 22.3. The first-order valence-corrected chi connectivity index (χ1v) is 7.93. The molecule has 4 rings (SSSR count). The van der Waals surface area contributed by atoms with Crippen molar-refractivity contribution in [2.45, 2.75) is 26.7 Å². The van der Waals surface area contributed by atoms with Crippen LogP contribution >= 0.6 is 0 Å². The molecule has 1 aliphatic rings. The number of hydrogen-bond acceptors (Lipinski definition) is 0. The third kappa shape index (κ3) is 1.84. The van der Waals surface area contributed by atoms with Gasteiger partial charge in [0.1, 0.15) is 0 Å². The fraction of sp³-hybridized carbons (Fsp3) is 0.182. The molecule has 0 bridgehead atoms. The Balaban J connectivity index is 2.04. The average Bonchev–Trinajstić information content (AvgIpc) is 2.82. The fourth-order valence-corrected chi connectivity index (χ4v) is 4.11. The van der Waals surface area contributed by atoms with E-state index >= 15 is 0 Å². The summed E-state index contributed by atoms with van der Waals surface area (Å²) in [6.07, 6.45) is 0. The van der Waals surface area contributed by atoms with Gasteiger partial charge in [-0.15, -0.1) is 0 Å². The van der Waals surface area contributed by atoms with Crippen LogP contribution in [0.15, 0.2) is 60.7 Å². The van der Waals surface area contributed by atoms with Crippen LogP contribution < -0.4 is 0 Å². The summed E-state index contributed by atoms with van der Waals surface area (Å²) in [5.74, 6) is 0.369. The standard InChI is InChI=1S/C22H20/c1-14-12-15(2)21(16(3)13-14)22-19-10-6-4-8-17(19)18-9-5-7-11-20(18)22/h4-13,22H,1-3H3. The maximum Gasteiger partial charge on any atom is 0.0357 e. The molecule has 0 nitrogen and oxygen atoms in total. The highest BCUT2D eigenvalue weighted by Gasteiger charge is 2.30. The molecule has 0 atom stereocenters. The van der Waals surface area contributed by atoms with Gasteiger partial charge in [-0.2, -0.15) is 0 Å². The smallest absolute Gasteiger partial charge is 0.0357 e. The second-order valence-corrected chi connectivity index (χ2v) is 6.42. The van der Waals surface area contributed by atoms with E-state index in [1.165, 1.54) is 44.5 Å². The quantitative estimate of drug-likeness (QED) is 0.416. The molecule has 0 heteroatoms. The van der Waals surface area contributed by atoms with Crippen molar-refractivity contribution in [2.24, 2.45) is 0 Å². The topological polar surface area (TPSA) is 0 Å². The molecule has 0 radical (unpaired) electrons. The number of fused-ring (bicyclic) bond motifs is 3. The molecule has 0 aliphatic heterocycles. The number of rotatable bonds is 1. The second kappa shape index (κ2) is 4.84. The van der Waals surface area contributed by atoms with Crippen molar-refractivity contribution in [3.8, 4) is 11.1 Å². The summed E-state index contributed by atoms with van der Waals surface area (Å²) in [7, 11) is 0. The lowest BCUT2D eigenvalue weighted by Gasteiger charge is -2.20. The molecule has 0 amide bonds. The van der Waals surface area contributed by atoms with E-state index in [1.54, 1.807) is 0 Å². The Morgan fingerprint density at radius 3 is 1.59 bits per heavy atom. The Labute approximate surface area is 132 Å². The van der Waals surface area contributed by atoms with Gasteiger partial charge in [-0.05, 0) is 59.7 Å². The van der Waals surface area contributed by atoms with Gasteiger partial charge in [0.25, 0.3) is 0 Å². The van der Waals surface area contributed by atoms with Crippen LogP contribution in [0.3, 0.4) is 0 Å². The molecule has 0 saturated heterocycles. The van der Waals surface area contributed by atoms with Gasteiger partial charge in [0.05, 0.1) is 0 Å². The second-order valence-electron chi connectivity index (χ2n) is 6.42. The van der Waals surface area contributed by atoms with Crippen LogP contribution in [0, 0.1) is 20.8 Å². The lowest BCUT2D eigenvalue weighted by atomic mass is 9.83. The molecule has 0 saturated carbocycles. The van der Waals surface area contributed by atoms with Gasteiger partial charge in [0.15, 0.2) is 0 Å². The SMILES string of the molecule is Cc1cc(C)c(C2c3ccccc3-c3ccccc32)c(C)c1. The van der Waals surface area contributed by atoms with Gasteiger partial charge in [-0.3, -0.25) is 0 Å². The van der Waals surface area contributed by atoms with E-state index in [9.17, 15) is 0 Å². The Kier molecular flexibility index (Phi) is 2.94. The summed E-state index contributed by atoms with van der Waals surface area (Å²) < 4.78 is 0. The molecule has 3 aromatic rings. The van der Waals surface area contributed by atoms with Crippen molar-refractivity contribution in [3.63, 3.8) is 0 Å². The molecular weight excluding hydrogens is 264 g/mol. The van der Waals surface area contributed by atoms with Gasteiger partial charge < -0.3 is 0 Å². The van der Waals surface area contributed by atoms with Crippen molar-refractivity contribution in [3.05, 3.63) is 94.0 Å². The molecule has 108 valence electrons. The predicted octanol–water partition coefficient (Wildman–Crippen LogP) is 5.77. The van der Waals surface area contributed by atoms with Crippen LogP contribution in [0.2, 0.25) is 0 Å². The van der Waals surface area contributed by atoms with E-state index < -0.39 is 0 Å². The van der Waals surface area contributed by atoms with Crippen molar-refractivity contribution < 1.29 is 0 Å². The zero-order chi connectivity index (χ0) is 15.3. The molecule has 22 heavy (non-hydrogen) atoms. The average molecular weight is 284 g/mol. The number of hydrogen-bond donors (Lipinski definition) is 0. The Hall–Kier alpha value is -2.34. The van der Waals surface area contributed by atoms with E-state index in [0.717, 1.165) is 0 Å². The van der Waals surface area contributed by atoms with Crippen LogP contribution in [0.5, 0.6) is 0 Å². The van der Waals surface area contributed by atoms with Crippen molar-refractivity contribution in [2.75, 3.05) is 0 Å². The minimum absolute atomic E-state index is 0.369. The zero-order valence-electron chi connectivity index (χ0n) is 13.4. The minimum atomic E-state index is 0.369. The first-order chi connectivity index (χ1) is 10.7. The van der Waals surface area contributed by atoms with Gasteiger partial charge in [-0.1, -0.05) is 66.2 Å². The van der Waals surface area contributed by atoms with Gasteiger partial charge in [-0.25, -0.2) is 0 Å². The first-order valence-electron chi connectivity index (χ1n) is 7.93. The fourth-order valence-electron chi connectivity index (χ4n) is 4.11. The minimum Gasteiger partial charge on any atom is -0.0619 e. The zero-order valence-corrected chi connectivity index (χ0v) is 13.4. The first kappa shape index (κ1) is 13.3. The molecule has 0 fully saturated rings. The third-order valence-electron chi connectivity index (χ3n) is 4.86. The predicted molar refractivity (Wildman–Crippen MR) is 93.5 cm³/mol. The molecule has 1 aliphatic carbocycles.